The van der Waals surface area contributed by atoms with E-state index in [2.05, 4.69) is 15.0 Å². The minimum absolute atomic E-state index is 0.293. The fourth-order valence-electron chi connectivity index (χ4n) is 2.93. The van der Waals surface area contributed by atoms with Crippen molar-refractivity contribution in [2.24, 2.45) is 5.92 Å². The smallest absolute Gasteiger partial charge is 0.223 e. The molecule has 0 aromatic carbocycles. The quantitative estimate of drug-likeness (QED) is 0.755. The van der Waals surface area contributed by atoms with Crippen LogP contribution in [0.2, 0.25) is 0 Å². The molecule has 2 fully saturated rings. The first-order valence-electron chi connectivity index (χ1n) is 7.71. The van der Waals surface area contributed by atoms with Crippen molar-refractivity contribution in [3.63, 3.8) is 0 Å². The lowest BCUT2D eigenvalue weighted by Gasteiger charge is -2.35. The summed E-state index contributed by atoms with van der Waals surface area (Å²) in [6, 6.07) is 0. The molecule has 7 nitrogen and oxygen atoms in total. The van der Waals surface area contributed by atoms with Gasteiger partial charge < -0.3 is 9.64 Å². The number of amides is 1. The molecular formula is C14H23N5O2. The lowest BCUT2D eigenvalue weighted by Crippen LogP contribution is -2.49. The molecule has 1 aromatic rings. The number of carbonyl (C=O) groups excluding carboxylic acids is 1. The third-order valence-electron chi connectivity index (χ3n) is 4.32. The summed E-state index contributed by atoms with van der Waals surface area (Å²) in [4.78, 5) is 20.6. The van der Waals surface area contributed by atoms with Gasteiger partial charge in [0.2, 0.25) is 5.91 Å². The van der Waals surface area contributed by atoms with Gasteiger partial charge in [-0.3, -0.25) is 14.4 Å². The Morgan fingerprint density at radius 2 is 2.10 bits per heavy atom. The summed E-state index contributed by atoms with van der Waals surface area (Å²) in [5, 5.41) is 4.10. The highest BCUT2D eigenvalue weighted by atomic mass is 16.5. The average Bonchev–Trinajstić information content (AvgIpc) is 3.19. The van der Waals surface area contributed by atoms with Crippen molar-refractivity contribution >= 4 is 5.91 Å². The van der Waals surface area contributed by atoms with Gasteiger partial charge in [-0.1, -0.05) is 0 Å². The number of hydrogen-bond acceptors (Lipinski definition) is 5. The van der Waals surface area contributed by atoms with Gasteiger partial charge in [-0.25, -0.2) is 4.98 Å². The summed E-state index contributed by atoms with van der Waals surface area (Å²) >= 11 is 0. The number of aromatic nitrogens is 3. The number of piperazine rings is 1. The van der Waals surface area contributed by atoms with E-state index in [4.69, 9.17) is 4.74 Å². The maximum absolute atomic E-state index is 12.2. The number of nitrogens with zero attached hydrogens (tertiary/aromatic N) is 5. The Kier molecular flexibility index (Phi) is 4.82. The SMILES string of the molecule is O=C(CC1CCOC1)N1CCN(CCn2cncn2)CC1. The molecule has 0 N–H and O–H groups in total. The van der Waals surface area contributed by atoms with Gasteiger partial charge >= 0.3 is 0 Å². The molecule has 1 aromatic heterocycles. The lowest BCUT2D eigenvalue weighted by atomic mass is 10.0. The van der Waals surface area contributed by atoms with Crippen molar-refractivity contribution in [1.82, 2.24) is 24.6 Å². The van der Waals surface area contributed by atoms with Gasteiger partial charge in [0.05, 0.1) is 6.54 Å². The molecule has 21 heavy (non-hydrogen) atoms. The van der Waals surface area contributed by atoms with Gasteiger partial charge in [-0.05, 0) is 12.3 Å². The molecule has 0 aliphatic carbocycles. The molecule has 2 aliphatic heterocycles. The van der Waals surface area contributed by atoms with E-state index < -0.39 is 0 Å². The molecule has 1 unspecified atom stereocenters. The minimum Gasteiger partial charge on any atom is -0.381 e. The second kappa shape index (κ2) is 7.00. The molecule has 0 spiro atoms. The second-order valence-electron chi connectivity index (χ2n) is 5.81. The Labute approximate surface area is 124 Å². The van der Waals surface area contributed by atoms with Gasteiger partial charge in [-0.15, -0.1) is 0 Å². The van der Waals surface area contributed by atoms with Gasteiger partial charge in [0.25, 0.3) is 0 Å². The van der Waals surface area contributed by atoms with E-state index in [1.807, 2.05) is 9.58 Å². The molecule has 0 saturated carbocycles. The molecule has 1 atom stereocenters. The van der Waals surface area contributed by atoms with Gasteiger partial charge in [-0.2, -0.15) is 5.10 Å². The minimum atomic E-state index is 0.293. The highest BCUT2D eigenvalue weighted by Crippen LogP contribution is 2.18. The lowest BCUT2D eigenvalue weighted by molar-refractivity contribution is -0.134. The normalized spacial score (nSPS) is 23.6. The zero-order chi connectivity index (χ0) is 14.5. The topological polar surface area (TPSA) is 63.5 Å². The molecule has 2 aliphatic rings. The zero-order valence-electron chi connectivity index (χ0n) is 12.4. The van der Waals surface area contributed by atoms with Crippen LogP contribution in [0.3, 0.4) is 0 Å². The molecule has 1 amide bonds. The van der Waals surface area contributed by atoms with Gasteiger partial charge in [0, 0.05) is 52.4 Å². The Hall–Kier alpha value is -1.47. The maximum atomic E-state index is 12.2. The van der Waals surface area contributed by atoms with Gasteiger partial charge in [0.1, 0.15) is 12.7 Å². The van der Waals surface area contributed by atoms with Crippen LogP contribution in [0, 0.1) is 5.92 Å². The van der Waals surface area contributed by atoms with E-state index in [1.165, 1.54) is 0 Å². The first-order valence-corrected chi connectivity index (χ1v) is 7.71. The maximum Gasteiger partial charge on any atom is 0.223 e. The van der Waals surface area contributed by atoms with Crippen molar-refractivity contribution in [3.05, 3.63) is 12.7 Å². The third-order valence-corrected chi connectivity index (χ3v) is 4.32. The fraction of sp³-hybridized carbons (Fsp3) is 0.786. The summed E-state index contributed by atoms with van der Waals surface area (Å²) in [6.45, 7) is 6.95. The fourth-order valence-corrected chi connectivity index (χ4v) is 2.93. The standard InChI is InChI=1S/C14H23N5O2/c20-14(9-13-1-8-21-10-13)18-5-2-17(3-6-18)4-7-19-12-15-11-16-19/h11-13H,1-10H2. The van der Waals surface area contributed by atoms with Crippen LogP contribution in [-0.2, 0) is 16.1 Å². The van der Waals surface area contributed by atoms with E-state index in [0.29, 0.717) is 18.2 Å². The summed E-state index contributed by atoms with van der Waals surface area (Å²) < 4.78 is 7.18. The Balaban J connectivity index is 1.37. The van der Waals surface area contributed by atoms with Crippen molar-refractivity contribution in [3.8, 4) is 0 Å². The first kappa shape index (κ1) is 14.5. The monoisotopic (exact) mass is 293 g/mol. The second-order valence-corrected chi connectivity index (χ2v) is 5.81. The number of rotatable bonds is 5. The van der Waals surface area contributed by atoms with E-state index in [9.17, 15) is 4.79 Å². The summed E-state index contributed by atoms with van der Waals surface area (Å²) in [5.41, 5.74) is 0. The molecule has 0 bridgehead atoms. The Morgan fingerprint density at radius 1 is 1.24 bits per heavy atom. The number of ether oxygens (including phenoxy) is 1. The van der Waals surface area contributed by atoms with Crippen molar-refractivity contribution < 1.29 is 9.53 Å². The predicted octanol–water partition coefficient (Wildman–Crippen LogP) is -0.151. The van der Waals surface area contributed by atoms with Crippen LogP contribution in [0.1, 0.15) is 12.8 Å². The van der Waals surface area contributed by atoms with Crippen LogP contribution >= 0.6 is 0 Å². The Morgan fingerprint density at radius 3 is 2.76 bits per heavy atom. The van der Waals surface area contributed by atoms with E-state index in [1.54, 1.807) is 12.7 Å². The summed E-state index contributed by atoms with van der Waals surface area (Å²) in [5.74, 6) is 0.726. The molecule has 3 rings (SSSR count). The van der Waals surface area contributed by atoms with Crippen LogP contribution in [0.15, 0.2) is 12.7 Å². The predicted molar refractivity (Wildman–Crippen MR) is 76.6 cm³/mol. The van der Waals surface area contributed by atoms with Crippen molar-refractivity contribution in [2.45, 2.75) is 19.4 Å². The Bertz CT molecular complexity index is 436. The molecular weight excluding hydrogens is 270 g/mol. The largest absolute Gasteiger partial charge is 0.381 e. The molecule has 2 saturated heterocycles. The van der Waals surface area contributed by atoms with Crippen LogP contribution in [0.5, 0.6) is 0 Å². The van der Waals surface area contributed by atoms with Crippen molar-refractivity contribution in [2.75, 3.05) is 45.9 Å². The molecule has 0 radical (unpaired) electrons. The zero-order valence-corrected chi connectivity index (χ0v) is 12.4. The molecule has 7 heteroatoms. The third kappa shape index (κ3) is 4.01. The van der Waals surface area contributed by atoms with Crippen LogP contribution in [-0.4, -0.2) is 76.4 Å². The number of hydrogen-bond donors (Lipinski definition) is 0. The first-order chi connectivity index (χ1) is 10.3. The summed E-state index contributed by atoms with van der Waals surface area (Å²) in [6.07, 6.45) is 4.98. The van der Waals surface area contributed by atoms with E-state index in [-0.39, 0.29) is 0 Å². The van der Waals surface area contributed by atoms with E-state index in [0.717, 1.165) is 58.9 Å². The van der Waals surface area contributed by atoms with E-state index >= 15 is 0 Å². The molecule has 116 valence electrons. The number of carbonyl (C=O) groups is 1. The van der Waals surface area contributed by atoms with Crippen LogP contribution < -0.4 is 0 Å². The highest BCUT2D eigenvalue weighted by molar-refractivity contribution is 5.76. The average molecular weight is 293 g/mol. The highest BCUT2D eigenvalue weighted by Gasteiger charge is 2.25. The van der Waals surface area contributed by atoms with Crippen molar-refractivity contribution in [1.29, 1.82) is 0 Å². The molecule has 3 heterocycles. The van der Waals surface area contributed by atoms with Gasteiger partial charge in [0.15, 0.2) is 0 Å². The van der Waals surface area contributed by atoms with Crippen LogP contribution in [0.25, 0.3) is 0 Å². The summed E-state index contributed by atoms with van der Waals surface area (Å²) in [7, 11) is 0. The van der Waals surface area contributed by atoms with Crippen LogP contribution in [0.4, 0.5) is 0 Å².